The second-order valence-electron chi connectivity index (χ2n) is 11.2. The number of ether oxygens (including phenoxy) is 1. The monoisotopic (exact) mass is 584 g/mol. The second-order valence-corrected chi connectivity index (χ2v) is 11.2. The minimum Gasteiger partial charge on any atom is -0.378 e. The standard InChI is InChI=1S/C32H40N8O3/c1-22(2)40-15-13-27-29(39-17-19-43-20-18-39)36-28(37-30(27)40)24-9-11-26(12-10-24)35-32(42)34-21-23-5-7-25(8-6-23)31(41)33-14-16-38(3)4/h5-13,15,22H,14,16-21H2,1-4H3,(H,33,41)(H2,34,35,42). The third-order valence-electron chi connectivity index (χ3n) is 7.33. The summed E-state index contributed by atoms with van der Waals surface area (Å²) in [5.41, 5.74) is 3.91. The molecule has 0 spiro atoms. The van der Waals surface area contributed by atoms with Crippen molar-refractivity contribution in [2.24, 2.45) is 0 Å². The molecule has 4 aromatic rings. The number of nitrogens with one attached hydrogen (secondary N) is 3. The van der Waals surface area contributed by atoms with Gasteiger partial charge in [-0.2, -0.15) is 0 Å². The van der Waals surface area contributed by atoms with Crippen molar-refractivity contribution in [3.8, 4) is 11.4 Å². The molecule has 0 unspecified atom stereocenters. The molecule has 0 aliphatic carbocycles. The molecule has 3 amide bonds. The molecule has 11 heteroatoms. The lowest BCUT2D eigenvalue weighted by molar-refractivity contribution is 0.0951. The number of hydrogen-bond donors (Lipinski definition) is 3. The van der Waals surface area contributed by atoms with Crippen LogP contribution in [0.15, 0.2) is 60.8 Å². The highest BCUT2D eigenvalue weighted by Gasteiger charge is 2.20. The van der Waals surface area contributed by atoms with Gasteiger partial charge in [-0.15, -0.1) is 0 Å². The van der Waals surface area contributed by atoms with Gasteiger partial charge >= 0.3 is 6.03 Å². The van der Waals surface area contributed by atoms with Gasteiger partial charge in [0.2, 0.25) is 0 Å². The number of likely N-dealkylation sites (N-methyl/N-ethyl adjacent to an activating group) is 1. The molecule has 0 bridgehead atoms. The Morgan fingerprint density at radius 1 is 0.953 bits per heavy atom. The van der Waals surface area contributed by atoms with Crippen molar-refractivity contribution in [1.82, 2.24) is 30.1 Å². The molecule has 1 aliphatic heterocycles. The Bertz CT molecular complexity index is 1540. The summed E-state index contributed by atoms with van der Waals surface area (Å²) in [7, 11) is 3.92. The van der Waals surface area contributed by atoms with E-state index in [0.29, 0.717) is 43.4 Å². The van der Waals surface area contributed by atoms with Gasteiger partial charge in [0.15, 0.2) is 5.82 Å². The van der Waals surface area contributed by atoms with E-state index < -0.39 is 0 Å². The first-order chi connectivity index (χ1) is 20.8. The molecule has 2 aromatic heterocycles. The van der Waals surface area contributed by atoms with Crippen molar-refractivity contribution in [3.63, 3.8) is 0 Å². The van der Waals surface area contributed by atoms with Crippen molar-refractivity contribution in [1.29, 1.82) is 0 Å². The van der Waals surface area contributed by atoms with Crippen molar-refractivity contribution >= 4 is 34.5 Å². The zero-order valence-electron chi connectivity index (χ0n) is 25.3. The fourth-order valence-corrected chi connectivity index (χ4v) is 4.91. The molecular weight excluding hydrogens is 544 g/mol. The molecule has 11 nitrogen and oxygen atoms in total. The number of urea groups is 1. The molecule has 1 saturated heterocycles. The minimum absolute atomic E-state index is 0.112. The van der Waals surface area contributed by atoms with E-state index in [-0.39, 0.29) is 18.0 Å². The SMILES string of the molecule is CC(C)n1ccc2c(N3CCOCC3)nc(-c3ccc(NC(=O)NCc4ccc(C(=O)NCCN(C)C)cc4)cc3)nc21. The Labute approximate surface area is 252 Å². The highest BCUT2D eigenvalue weighted by atomic mass is 16.5. The van der Waals surface area contributed by atoms with Crippen LogP contribution in [0, 0.1) is 0 Å². The Hall–Kier alpha value is -4.48. The Kier molecular flexibility index (Phi) is 9.53. The molecule has 5 rings (SSSR count). The van der Waals surface area contributed by atoms with Crippen molar-refractivity contribution < 1.29 is 14.3 Å². The van der Waals surface area contributed by atoms with Crippen LogP contribution in [0.4, 0.5) is 16.3 Å². The largest absolute Gasteiger partial charge is 0.378 e. The van der Waals surface area contributed by atoms with Crippen LogP contribution in [0.25, 0.3) is 22.4 Å². The van der Waals surface area contributed by atoms with E-state index in [1.54, 1.807) is 12.1 Å². The summed E-state index contributed by atoms with van der Waals surface area (Å²) in [6, 6.07) is 16.8. The van der Waals surface area contributed by atoms with E-state index in [4.69, 9.17) is 14.7 Å². The number of hydrogen-bond acceptors (Lipinski definition) is 7. The van der Waals surface area contributed by atoms with Gasteiger partial charge in [0, 0.05) is 61.8 Å². The van der Waals surface area contributed by atoms with E-state index in [1.807, 2.05) is 55.4 Å². The van der Waals surface area contributed by atoms with E-state index >= 15 is 0 Å². The number of carbonyl (C=O) groups excluding carboxylic acids is 2. The van der Waals surface area contributed by atoms with Crippen molar-refractivity contribution in [2.45, 2.75) is 26.4 Å². The molecule has 43 heavy (non-hydrogen) atoms. The fraction of sp³-hybridized carbons (Fsp3) is 0.375. The summed E-state index contributed by atoms with van der Waals surface area (Å²) >= 11 is 0. The molecule has 1 fully saturated rings. The predicted molar refractivity (Wildman–Crippen MR) is 170 cm³/mol. The number of benzene rings is 2. The third-order valence-corrected chi connectivity index (χ3v) is 7.33. The smallest absolute Gasteiger partial charge is 0.319 e. The number of amides is 3. The highest BCUT2D eigenvalue weighted by molar-refractivity contribution is 5.94. The van der Waals surface area contributed by atoms with Crippen LogP contribution >= 0.6 is 0 Å². The first-order valence-electron chi connectivity index (χ1n) is 14.7. The lowest BCUT2D eigenvalue weighted by Crippen LogP contribution is -2.37. The second kappa shape index (κ2) is 13.7. The van der Waals surface area contributed by atoms with Crippen molar-refractivity contribution in [3.05, 3.63) is 71.9 Å². The number of carbonyl (C=O) groups is 2. The van der Waals surface area contributed by atoms with Gasteiger partial charge in [-0.25, -0.2) is 14.8 Å². The summed E-state index contributed by atoms with van der Waals surface area (Å²) in [6.07, 6.45) is 2.07. The van der Waals surface area contributed by atoms with Crippen molar-refractivity contribution in [2.75, 3.05) is 63.7 Å². The highest BCUT2D eigenvalue weighted by Crippen LogP contribution is 2.31. The minimum atomic E-state index is -0.319. The molecule has 3 heterocycles. The average Bonchev–Trinajstić information content (AvgIpc) is 3.45. The van der Waals surface area contributed by atoms with E-state index in [1.165, 1.54) is 0 Å². The van der Waals surface area contributed by atoms with Crippen LogP contribution in [-0.2, 0) is 11.3 Å². The van der Waals surface area contributed by atoms with E-state index in [2.05, 4.69) is 51.5 Å². The molecule has 0 radical (unpaired) electrons. The summed E-state index contributed by atoms with van der Waals surface area (Å²) in [5.74, 6) is 1.45. The molecule has 0 saturated carbocycles. The average molecular weight is 585 g/mol. The number of rotatable bonds is 10. The maximum absolute atomic E-state index is 12.6. The third kappa shape index (κ3) is 7.49. The summed E-state index contributed by atoms with van der Waals surface area (Å²) in [4.78, 5) is 39.1. The maximum Gasteiger partial charge on any atom is 0.319 e. The van der Waals surface area contributed by atoms with Gasteiger partial charge in [0.1, 0.15) is 11.5 Å². The predicted octanol–water partition coefficient (Wildman–Crippen LogP) is 4.13. The molecule has 3 N–H and O–H groups in total. The Morgan fingerprint density at radius 2 is 1.67 bits per heavy atom. The number of fused-ring (bicyclic) bond motifs is 1. The summed E-state index contributed by atoms with van der Waals surface area (Å²) in [6.45, 7) is 8.90. The number of nitrogens with zero attached hydrogens (tertiary/aromatic N) is 5. The van der Waals surface area contributed by atoms with Crippen LogP contribution < -0.4 is 20.9 Å². The Balaban J connectivity index is 1.21. The van der Waals surface area contributed by atoms with Crippen LogP contribution in [0.5, 0.6) is 0 Å². The Morgan fingerprint density at radius 3 is 2.35 bits per heavy atom. The summed E-state index contributed by atoms with van der Waals surface area (Å²) in [5, 5.41) is 9.68. The molecular formula is C32H40N8O3. The van der Waals surface area contributed by atoms with Crippen LogP contribution in [0.1, 0.15) is 35.8 Å². The molecule has 0 atom stereocenters. The quantitative estimate of drug-likeness (QED) is 0.257. The first kappa shape index (κ1) is 30.0. The molecule has 2 aromatic carbocycles. The van der Waals surface area contributed by atoms with Gasteiger partial charge in [-0.05, 0) is 76.0 Å². The van der Waals surface area contributed by atoms with Crippen LogP contribution in [-0.4, -0.2) is 84.9 Å². The van der Waals surface area contributed by atoms with Gasteiger partial charge < -0.3 is 35.1 Å². The van der Waals surface area contributed by atoms with Crippen LogP contribution in [0.3, 0.4) is 0 Å². The van der Waals surface area contributed by atoms with Gasteiger partial charge in [0.05, 0.1) is 18.6 Å². The van der Waals surface area contributed by atoms with E-state index in [0.717, 1.165) is 47.6 Å². The van der Waals surface area contributed by atoms with Gasteiger partial charge in [0.25, 0.3) is 5.91 Å². The first-order valence-corrected chi connectivity index (χ1v) is 14.7. The molecule has 226 valence electrons. The number of anilines is 2. The zero-order chi connectivity index (χ0) is 30.3. The number of aromatic nitrogens is 3. The van der Waals surface area contributed by atoms with Crippen LogP contribution in [0.2, 0.25) is 0 Å². The summed E-state index contributed by atoms with van der Waals surface area (Å²) < 4.78 is 7.73. The fourth-order valence-electron chi connectivity index (χ4n) is 4.91. The van der Waals surface area contributed by atoms with Gasteiger partial charge in [-0.3, -0.25) is 4.79 Å². The lowest BCUT2D eigenvalue weighted by atomic mass is 10.1. The van der Waals surface area contributed by atoms with E-state index in [9.17, 15) is 9.59 Å². The topological polar surface area (TPSA) is 117 Å². The molecule has 1 aliphatic rings. The normalized spacial score (nSPS) is 13.5. The van der Waals surface area contributed by atoms with Gasteiger partial charge in [-0.1, -0.05) is 12.1 Å². The maximum atomic E-state index is 12.6. The number of morpholine rings is 1. The lowest BCUT2D eigenvalue weighted by Gasteiger charge is -2.28. The zero-order valence-corrected chi connectivity index (χ0v) is 25.3.